The molecule has 50 heavy (non-hydrogen) atoms. The van der Waals surface area contributed by atoms with Crippen LogP contribution >= 0.6 is 0 Å². The Hall–Kier alpha value is -5.13. The number of aliphatic hydroxyl groups excluding tert-OH is 1. The highest BCUT2D eigenvalue weighted by atomic mass is 16.5. The summed E-state index contributed by atoms with van der Waals surface area (Å²) in [6.07, 6.45) is 1.17. The van der Waals surface area contributed by atoms with Crippen molar-refractivity contribution in [1.29, 1.82) is 0 Å². The summed E-state index contributed by atoms with van der Waals surface area (Å²) in [6, 6.07) is 30.1. The fourth-order valence-corrected chi connectivity index (χ4v) is 7.13. The summed E-state index contributed by atoms with van der Waals surface area (Å²) in [6.45, 7) is 5.19. The molecule has 0 radical (unpaired) electrons. The Morgan fingerprint density at radius 3 is 2.24 bits per heavy atom. The number of piperidine rings is 1. The second-order valence-corrected chi connectivity index (χ2v) is 13.2. The number of ether oxygens (including phenoxy) is 2. The number of carboxylic acid groups (broad SMARTS) is 1. The summed E-state index contributed by atoms with van der Waals surface area (Å²) < 4.78 is 14.3. The van der Waals surface area contributed by atoms with Gasteiger partial charge in [-0.25, -0.2) is 4.79 Å². The molecule has 0 bridgehead atoms. The molecule has 2 aromatic heterocycles. The fourth-order valence-electron chi connectivity index (χ4n) is 7.13. The van der Waals surface area contributed by atoms with E-state index in [2.05, 4.69) is 28.0 Å². The van der Waals surface area contributed by atoms with E-state index in [1.165, 1.54) is 10.6 Å². The molecule has 0 aliphatic carbocycles. The zero-order valence-corrected chi connectivity index (χ0v) is 28.4. The smallest absolute Gasteiger partial charge is 0.407 e. The number of carbonyl (C=O) groups is 1. The summed E-state index contributed by atoms with van der Waals surface area (Å²) in [7, 11) is 1.97. The molecule has 2 fully saturated rings. The highest BCUT2D eigenvalue weighted by molar-refractivity contribution is 5.96. The normalized spacial score (nSPS) is 17.3. The molecule has 0 saturated carbocycles. The highest BCUT2D eigenvalue weighted by Gasteiger charge is 2.31. The number of fused-ring (bicyclic) bond motifs is 1. The van der Waals surface area contributed by atoms with E-state index in [-0.39, 0.29) is 12.6 Å². The topological polar surface area (TPSA) is 116 Å². The largest absolute Gasteiger partial charge is 0.473 e. The second kappa shape index (κ2) is 15.2. The van der Waals surface area contributed by atoms with Crippen LogP contribution in [0.2, 0.25) is 0 Å². The van der Waals surface area contributed by atoms with E-state index in [0.717, 1.165) is 65.8 Å². The van der Waals surface area contributed by atoms with Gasteiger partial charge in [-0.05, 0) is 54.2 Å². The molecule has 3 aromatic carbocycles. The molecule has 1 atom stereocenters. The quantitative estimate of drug-likeness (QED) is 0.183. The third kappa shape index (κ3) is 7.54. The molecule has 11 heteroatoms. The van der Waals surface area contributed by atoms with Crippen molar-refractivity contribution >= 4 is 22.7 Å². The van der Waals surface area contributed by atoms with Gasteiger partial charge in [-0.15, -0.1) is 0 Å². The lowest BCUT2D eigenvalue weighted by Gasteiger charge is -2.42. The Labute approximate surface area is 292 Å². The van der Waals surface area contributed by atoms with E-state index < -0.39 is 6.09 Å². The maximum absolute atomic E-state index is 11.5. The van der Waals surface area contributed by atoms with Crippen molar-refractivity contribution in [1.82, 2.24) is 24.6 Å². The van der Waals surface area contributed by atoms with Gasteiger partial charge in [-0.3, -0.25) is 9.58 Å². The van der Waals surface area contributed by atoms with Crippen molar-refractivity contribution in [3.63, 3.8) is 0 Å². The Balaban J connectivity index is 1.06. The van der Waals surface area contributed by atoms with E-state index in [0.29, 0.717) is 50.5 Å². The molecule has 0 spiro atoms. The number of amides is 1. The highest BCUT2D eigenvalue weighted by Crippen LogP contribution is 2.37. The van der Waals surface area contributed by atoms with Gasteiger partial charge in [0.15, 0.2) is 0 Å². The fraction of sp³-hybridized carbons (Fsp3) is 0.359. The number of hydrogen-bond donors (Lipinski definition) is 2. The standard InChI is InChI=1S/C39H44N6O5/c1-42-35-22-31(44-18-16-28(17-19-44)23-43-20-21-45(39(47)48)32(24-43)25-46)12-13-33(35)37(41-42)34-14-15-36(49-26-29-8-4-2-5-9-29)40-38(34)50-27-30-10-6-3-7-11-30/h2-15,22,28,32,46H,16-21,23-27H2,1H3,(H,47,48)/t32-/m0/s1. The maximum atomic E-state index is 11.5. The van der Waals surface area contributed by atoms with Crippen molar-refractivity contribution in [2.24, 2.45) is 13.0 Å². The van der Waals surface area contributed by atoms with Crippen LogP contribution in [0.3, 0.4) is 0 Å². The zero-order chi connectivity index (χ0) is 34.5. The van der Waals surface area contributed by atoms with Crippen molar-refractivity contribution in [2.45, 2.75) is 32.1 Å². The minimum absolute atomic E-state index is 0.146. The summed E-state index contributed by atoms with van der Waals surface area (Å²) in [5.41, 5.74) is 5.92. The van der Waals surface area contributed by atoms with Gasteiger partial charge >= 0.3 is 6.09 Å². The molecule has 0 unspecified atom stereocenters. The number of aromatic nitrogens is 3. The van der Waals surface area contributed by atoms with E-state index in [4.69, 9.17) is 19.6 Å². The summed E-state index contributed by atoms with van der Waals surface area (Å²) >= 11 is 0. The van der Waals surface area contributed by atoms with Gasteiger partial charge in [0.25, 0.3) is 0 Å². The Bertz CT molecular complexity index is 1890. The van der Waals surface area contributed by atoms with Crippen LogP contribution in [0.4, 0.5) is 10.5 Å². The monoisotopic (exact) mass is 676 g/mol. The third-order valence-corrected chi connectivity index (χ3v) is 9.89. The number of benzene rings is 3. The molecule has 260 valence electrons. The Morgan fingerprint density at radius 1 is 0.860 bits per heavy atom. The molecular weight excluding hydrogens is 632 g/mol. The minimum atomic E-state index is -0.954. The molecular formula is C39H44N6O5. The summed E-state index contributed by atoms with van der Waals surface area (Å²) in [5.74, 6) is 1.50. The first-order chi connectivity index (χ1) is 24.4. The maximum Gasteiger partial charge on any atom is 0.407 e. The van der Waals surface area contributed by atoms with E-state index in [9.17, 15) is 15.0 Å². The minimum Gasteiger partial charge on any atom is -0.473 e. The number of pyridine rings is 1. The first-order valence-corrected chi connectivity index (χ1v) is 17.3. The van der Waals surface area contributed by atoms with Gasteiger partial charge in [0, 0.05) is 63.5 Å². The molecule has 4 heterocycles. The molecule has 7 rings (SSSR count). The molecule has 11 nitrogen and oxygen atoms in total. The predicted octanol–water partition coefficient (Wildman–Crippen LogP) is 5.67. The van der Waals surface area contributed by atoms with Crippen molar-refractivity contribution in [3.05, 3.63) is 102 Å². The predicted molar refractivity (Wildman–Crippen MR) is 192 cm³/mol. The Kier molecular flexibility index (Phi) is 10.1. The van der Waals surface area contributed by atoms with Gasteiger partial charge in [0.05, 0.1) is 23.7 Å². The molecule has 2 saturated heterocycles. The lowest BCUT2D eigenvalue weighted by Crippen LogP contribution is -2.57. The van der Waals surface area contributed by atoms with Gasteiger partial charge in [0.2, 0.25) is 11.8 Å². The van der Waals surface area contributed by atoms with Crippen LogP contribution in [0.1, 0.15) is 24.0 Å². The number of anilines is 1. The van der Waals surface area contributed by atoms with Crippen LogP contribution in [0, 0.1) is 5.92 Å². The first kappa shape index (κ1) is 33.4. The van der Waals surface area contributed by atoms with Crippen LogP contribution in [0.5, 0.6) is 11.8 Å². The van der Waals surface area contributed by atoms with Gasteiger partial charge < -0.3 is 29.5 Å². The lowest BCUT2D eigenvalue weighted by molar-refractivity contribution is 0.0345. The third-order valence-electron chi connectivity index (χ3n) is 9.89. The van der Waals surface area contributed by atoms with Crippen molar-refractivity contribution in [2.75, 3.05) is 50.8 Å². The number of piperazine rings is 1. The van der Waals surface area contributed by atoms with E-state index >= 15 is 0 Å². The van der Waals surface area contributed by atoms with Crippen LogP contribution in [0.25, 0.3) is 22.2 Å². The molecule has 2 N–H and O–H groups in total. The number of hydrogen-bond acceptors (Lipinski definition) is 8. The number of rotatable bonds is 11. The average molecular weight is 677 g/mol. The van der Waals surface area contributed by atoms with Crippen LogP contribution in [-0.4, -0.2) is 92.8 Å². The van der Waals surface area contributed by atoms with Gasteiger partial charge in [0.1, 0.15) is 18.9 Å². The van der Waals surface area contributed by atoms with E-state index in [1.807, 2.05) is 84.5 Å². The van der Waals surface area contributed by atoms with Crippen LogP contribution < -0.4 is 14.4 Å². The van der Waals surface area contributed by atoms with Gasteiger partial charge in [-0.2, -0.15) is 10.1 Å². The summed E-state index contributed by atoms with van der Waals surface area (Å²) in [4.78, 5) is 22.4. The van der Waals surface area contributed by atoms with Gasteiger partial charge in [-0.1, -0.05) is 60.7 Å². The molecule has 5 aromatic rings. The summed E-state index contributed by atoms with van der Waals surface area (Å²) in [5, 5.41) is 25.2. The van der Waals surface area contributed by atoms with Crippen LogP contribution in [0.15, 0.2) is 91.0 Å². The van der Waals surface area contributed by atoms with E-state index in [1.54, 1.807) is 0 Å². The molecule has 1 amide bonds. The SMILES string of the molecule is Cn1nc(-c2ccc(OCc3ccccc3)nc2OCc2ccccc2)c2ccc(N3CCC(CN4CCN(C(=O)O)[C@H](CO)C4)CC3)cc21. The second-order valence-electron chi connectivity index (χ2n) is 13.2. The average Bonchev–Trinajstić information content (AvgIpc) is 3.49. The molecule has 2 aliphatic heterocycles. The zero-order valence-electron chi connectivity index (χ0n) is 28.4. The van der Waals surface area contributed by atoms with Crippen molar-refractivity contribution in [3.8, 4) is 23.0 Å². The number of aliphatic hydroxyl groups is 1. The lowest BCUT2D eigenvalue weighted by atomic mass is 9.95. The number of nitrogens with zero attached hydrogens (tertiary/aromatic N) is 6. The number of aryl methyl sites for hydroxylation is 1. The Morgan fingerprint density at radius 2 is 1.56 bits per heavy atom. The van der Waals surface area contributed by atoms with Crippen LogP contribution in [-0.2, 0) is 20.3 Å². The molecule has 2 aliphatic rings. The first-order valence-electron chi connectivity index (χ1n) is 17.3. The van der Waals surface area contributed by atoms with Crippen molar-refractivity contribution < 1.29 is 24.5 Å².